The third kappa shape index (κ3) is 3.63. The number of piperidine rings is 1. The van der Waals surface area contributed by atoms with Gasteiger partial charge in [0.05, 0.1) is 6.61 Å². The quantitative estimate of drug-likeness (QED) is 0.669. The number of nitrogens with two attached hydrogens (primary N) is 1. The van der Waals surface area contributed by atoms with Crippen LogP contribution in [0.25, 0.3) is 0 Å². The summed E-state index contributed by atoms with van der Waals surface area (Å²) in [6.07, 6.45) is 3.91. The highest BCUT2D eigenvalue weighted by Crippen LogP contribution is 2.19. The molecule has 1 aliphatic heterocycles. The molecule has 0 aromatic rings. The van der Waals surface area contributed by atoms with Crippen molar-refractivity contribution < 1.29 is 5.11 Å². The molecule has 3 heteroatoms. The average molecular weight is 186 g/mol. The molecular formula is C10H22N2O. The molecule has 3 N–H and O–H groups in total. The highest BCUT2D eigenvalue weighted by molar-refractivity contribution is 4.74. The van der Waals surface area contributed by atoms with Crippen LogP contribution in [-0.4, -0.2) is 42.3 Å². The van der Waals surface area contributed by atoms with Gasteiger partial charge in [-0.2, -0.15) is 0 Å². The van der Waals surface area contributed by atoms with Gasteiger partial charge < -0.3 is 15.7 Å². The summed E-state index contributed by atoms with van der Waals surface area (Å²) < 4.78 is 0. The summed E-state index contributed by atoms with van der Waals surface area (Å²) in [5.74, 6) is 0.918. The van der Waals surface area contributed by atoms with E-state index in [-0.39, 0.29) is 12.6 Å². The van der Waals surface area contributed by atoms with E-state index in [4.69, 9.17) is 10.8 Å². The van der Waals surface area contributed by atoms with Gasteiger partial charge in [0.15, 0.2) is 0 Å². The molecule has 1 atom stereocenters. The van der Waals surface area contributed by atoms with Crippen molar-refractivity contribution in [1.29, 1.82) is 0 Å². The van der Waals surface area contributed by atoms with Crippen LogP contribution in [-0.2, 0) is 0 Å². The molecule has 1 saturated heterocycles. The maximum Gasteiger partial charge on any atom is 0.0595 e. The fourth-order valence-electron chi connectivity index (χ4n) is 1.97. The molecule has 0 unspecified atom stereocenters. The van der Waals surface area contributed by atoms with Gasteiger partial charge in [-0.3, -0.25) is 0 Å². The highest BCUT2D eigenvalue weighted by atomic mass is 16.3. The molecule has 0 bridgehead atoms. The van der Waals surface area contributed by atoms with Crippen molar-refractivity contribution in [2.45, 2.75) is 32.2 Å². The van der Waals surface area contributed by atoms with Crippen LogP contribution in [0.2, 0.25) is 0 Å². The van der Waals surface area contributed by atoms with Crippen molar-refractivity contribution in [3.8, 4) is 0 Å². The summed E-state index contributed by atoms with van der Waals surface area (Å²) >= 11 is 0. The molecule has 1 heterocycles. The first-order chi connectivity index (χ1) is 6.26. The van der Waals surface area contributed by atoms with Gasteiger partial charge in [0.1, 0.15) is 0 Å². The molecule has 1 aliphatic rings. The summed E-state index contributed by atoms with van der Waals surface area (Å²) in [6.45, 7) is 5.54. The number of hydrogen-bond acceptors (Lipinski definition) is 3. The molecule has 0 radical (unpaired) electrons. The van der Waals surface area contributed by atoms with E-state index in [2.05, 4.69) is 11.8 Å². The van der Waals surface area contributed by atoms with Gasteiger partial charge in [-0.15, -0.1) is 0 Å². The molecule has 3 nitrogen and oxygen atoms in total. The molecule has 0 aromatic carbocycles. The number of hydrogen-bond donors (Lipinski definition) is 2. The van der Waals surface area contributed by atoms with Crippen LogP contribution in [0.4, 0.5) is 0 Å². The van der Waals surface area contributed by atoms with Gasteiger partial charge in [0, 0.05) is 12.6 Å². The van der Waals surface area contributed by atoms with Gasteiger partial charge >= 0.3 is 0 Å². The summed E-state index contributed by atoms with van der Waals surface area (Å²) in [7, 11) is 0. The summed E-state index contributed by atoms with van der Waals surface area (Å²) in [4.78, 5) is 2.37. The van der Waals surface area contributed by atoms with E-state index in [9.17, 15) is 0 Å². The van der Waals surface area contributed by atoms with Gasteiger partial charge in [-0.25, -0.2) is 0 Å². The fourth-order valence-corrected chi connectivity index (χ4v) is 1.97. The van der Waals surface area contributed by atoms with Crippen LogP contribution in [0.3, 0.4) is 0 Å². The molecule has 78 valence electrons. The van der Waals surface area contributed by atoms with Crippen molar-refractivity contribution >= 4 is 0 Å². The molecule has 0 saturated carbocycles. The third-order valence-electron chi connectivity index (χ3n) is 3.01. The predicted octanol–water partition coefficient (Wildman–Crippen LogP) is 0.428. The number of rotatable bonds is 4. The van der Waals surface area contributed by atoms with E-state index < -0.39 is 0 Å². The largest absolute Gasteiger partial charge is 0.395 e. The van der Waals surface area contributed by atoms with E-state index in [0.717, 1.165) is 25.6 Å². The second kappa shape index (κ2) is 5.58. The Hall–Kier alpha value is -0.120. The molecule has 0 spiro atoms. The maximum absolute atomic E-state index is 8.81. The van der Waals surface area contributed by atoms with Crippen LogP contribution < -0.4 is 5.73 Å². The minimum atomic E-state index is -0.0572. The van der Waals surface area contributed by atoms with Crippen molar-refractivity contribution in [2.24, 2.45) is 11.7 Å². The molecule has 0 aliphatic carbocycles. The zero-order valence-corrected chi connectivity index (χ0v) is 8.58. The topological polar surface area (TPSA) is 49.5 Å². The Labute approximate surface area is 80.9 Å². The first-order valence-corrected chi connectivity index (χ1v) is 5.35. The van der Waals surface area contributed by atoms with E-state index in [0.29, 0.717) is 0 Å². The Kier molecular flexibility index (Phi) is 4.70. The summed E-state index contributed by atoms with van der Waals surface area (Å²) in [5, 5.41) is 8.81. The lowest BCUT2D eigenvalue weighted by Crippen LogP contribution is -2.43. The van der Waals surface area contributed by atoms with Crippen molar-refractivity contribution in [2.75, 3.05) is 26.2 Å². The highest BCUT2D eigenvalue weighted by Gasteiger charge is 2.18. The fraction of sp³-hybridized carbons (Fsp3) is 1.00. The number of aliphatic hydroxyl groups is 1. The van der Waals surface area contributed by atoms with E-state index in [1.165, 1.54) is 19.3 Å². The lowest BCUT2D eigenvalue weighted by Gasteiger charge is -2.32. The zero-order valence-electron chi connectivity index (χ0n) is 8.58. The Morgan fingerprint density at radius 3 is 2.54 bits per heavy atom. The predicted molar refractivity (Wildman–Crippen MR) is 54.5 cm³/mol. The smallest absolute Gasteiger partial charge is 0.0595 e. The lowest BCUT2D eigenvalue weighted by atomic mass is 9.94. The van der Waals surface area contributed by atoms with Crippen molar-refractivity contribution in [3.05, 3.63) is 0 Å². The van der Waals surface area contributed by atoms with Crippen LogP contribution in [0, 0.1) is 5.92 Å². The van der Waals surface area contributed by atoms with Gasteiger partial charge in [0.25, 0.3) is 0 Å². The van der Waals surface area contributed by atoms with Crippen LogP contribution in [0.15, 0.2) is 0 Å². The first kappa shape index (κ1) is 11.0. The SMILES string of the molecule is CCC1CCN(C[C@H](N)CO)CC1. The van der Waals surface area contributed by atoms with Crippen molar-refractivity contribution in [1.82, 2.24) is 4.90 Å². The monoisotopic (exact) mass is 186 g/mol. The molecule has 13 heavy (non-hydrogen) atoms. The lowest BCUT2D eigenvalue weighted by molar-refractivity contribution is 0.153. The second-order valence-electron chi connectivity index (χ2n) is 4.09. The molecule has 0 amide bonds. The average Bonchev–Trinajstić information content (AvgIpc) is 2.19. The molecular weight excluding hydrogens is 164 g/mol. The normalized spacial score (nSPS) is 23.3. The van der Waals surface area contributed by atoms with Gasteiger partial charge in [0.2, 0.25) is 0 Å². The number of nitrogens with zero attached hydrogens (tertiary/aromatic N) is 1. The van der Waals surface area contributed by atoms with E-state index in [1.807, 2.05) is 0 Å². The van der Waals surface area contributed by atoms with Crippen LogP contribution >= 0.6 is 0 Å². The maximum atomic E-state index is 8.81. The Balaban J connectivity index is 2.17. The standard InChI is InChI=1S/C10H22N2O/c1-2-9-3-5-12(6-4-9)7-10(11)8-13/h9-10,13H,2-8,11H2,1H3/t10-/m0/s1. The van der Waals surface area contributed by atoms with E-state index in [1.54, 1.807) is 0 Å². The Morgan fingerprint density at radius 1 is 1.46 bits per heavy atom. The summed E-state index contributed by atoms with van der Waals surface area (Å²) in [5.41, 5.74) is 5.68. The van der Waals surface area contributed by atoms with Crippen molar-refractivity contribution in [3.63, 3.8) is 0 Å². The Bertz CT molecular complexity index is 133. The van der Waals surface area contributed by atoms with Gasteiger partial charge in [-0.05, 0) is 31.8 Å². The minimum Gasteiger partial charge on any atom is -0.395 e. The number of aliphatic hydroxyl groups excluding tert-OH is 1. The molecule has 1 rings (SSSR count). The Morgan fingerprint density at radius 2 is 2.08 bits per heavy atom. The second-order valence-corrected chi connectivity index (χ2v) is 4.09. The van der Waals surface area contributed by atoms with Crippen LogP contribution in [0.1, 0.15) is 26.2 Å². The van der Waals surface area contributed by atoms with Crippen LogP contribution in [0.5, 0.6) is 0 Å². The van der Waals surface area contributed by atoms with E-state index >= 15 is 0 Å². The number of likely N-dealkylation sites (tertiary alicyclic amines) is 1. The zero-order chi connectivity index (χ0) is 9.68. The minimum absolute atomic E-state index is 0.0572. The van der Waals surface area contributed by atoms with Gasteiger partial charge in [-0.1, -0.05) is 13.3 Å². The summed E-state index contributed by atoms with van der Waals surface area (Å²) in [6, 6.07) is -0.0572. The third-order valence-corrected chi connectivity index (χ3v) is 3.01. The molecule has 1 fully saturated rings. The first-order valence-electron chi connectivity index (χ1n) is 5.35. The molecule has 0 aromatic heterocycles.